The number of halogens is 12. The van der Waals surface area contributed by atoms with Crippen LogP contribution in [0.4, 0.5) is 39.2 Å². The van der Waals surface area contributed by atoms with E-state index < -0.39 is 28.1 Å². The monoisotopic (exact) mass is 856 g/mol. The van der Waals surface area contributed by atoms with Gasteiger partial charge in [-0.25, -0.2) is 0 Å². The van der Waals surface area contributed by atoms with Gasteiger partial charge in [0.15, 0.2) is 9.79 Å². The predicted molar refractivity (Wildman–Crippen MR) is 169 cm³/mol. The fourth-order valence-corrected chi connectivity index (χ4v) is 6.37. The summed E-state index contributed by atoms with van der Waals surface area (Å²) in [6, 6.07) is 34.1. The van der Waals surface area contributed by atoms with E-state index in [-0.39, 0.29) is 26.5 Å². The van der Waals surface area contributed by atoms with E-state index >= 15 is 0 Å². The molecule has 0 fully saturated rings. The summed E-state index contributed by atoms with van der Waals surface area (Å²) < 4.78 is 109. The van der Waals surface area contributed by atoms with Crippen LogP contribution in [0.3, 0.4) is 0 Å². The number of phenolic OH excluding ortho intramolecular Hbond substituents is 2. The van der Waals surface area contributed by atoms with Gasteiger partial charge in [-0.2, -0.15) is 0 Å². The Balaban J connectivity index is 0.000000653. The number of rotatable bonds is 6. The molecule has 266 valence electrons. The van der Waals surface area contributed by atoms with Crippen molar-refractivity contribution in [3.63, 3.8) is 0 Å². The summed E-state index contributed by atoms with van der Waals surface area (Å²) in [5.74, 6) is 2.80. The second-order valence-electron chi connectivity index (χ2n) is 9.56. The molecule has 0 radical (unpaired) electrons. The molecule has 0 heterocycles. The molecule has 0 saturated heterocycles. The Kier molecular flexibility index (Phi) is 15.9. The first-order valence-corrected chi connectivity index (χ1v) is 23.2. The molecule has 47 heavy (non-hydrogen) atoms. The molecule has 0 spiro atoms. The van der Waals surface area contributed by atoms with E-state index in [0.29, 0.717) is 11.5 Å². The summed E-state index contributed by atoms with van der Waals surface area (Å²) in [7, 11) is -10.3. The Morgan fingerprint density at radius 1 is 0.553 bits per heavy atom. The molecule has 0 aromatic heterocycles. The third kappa shape index (κ3) is 27.3. The van der Waals surface area contributed by atoms with Crippen LogP contribution in [0, 0.1) is 6.92 Å². The summed E-state index contributed by atoms with van der Waals surface area (Å²) in [6.07, 6.45) is 4.48. The molecule has 0 bridgehead atoms. The predicted octanol–water partition coefficient (Wildman–Crippen LogP) is 8.81. The molecule has 2 unspecified atom stereocenters. The van der Waals surface area contributed by atoms with E-state index in [2.05, 4.69) is 68.0 Å². The van der Waals surface area contributed by atoms with Crippen LogP contribution < -0.4 is 4.70 Å². The Labute approximate surface area is 275 Å². The van der Waals surface area contributed by atoms with Crippen LogP contribution in [0.15, 0.2) is 113 Å². The molecule has 4 aromatic rings. The topological polar surface area (TPSA) is 40.5 Å². The van der Waals surface area contributed by atoms with Crippen molar-refractivity contribution < 1.29 is 54.2 Å². The van der Waals surface area contributed by atoms with Crippen molar-refractivity contribution in [2.75, 3.05) is 12.5 Å². The van der Waals surface area contributed by atoms with Gasteiger partial charge in [-0.05, 0) is 61.0 Å². The second-order valence-corrected chi connectivity index (χ2v) is 19.2. The summed E-state index contributed by atoms with van der Waals surface area (Å²) in [5, 5.41) is 18.5. The molecule has 0 aliphatic rings. The number of benzene rings is 4. The number of aryl methyl sites for hydroxylation is 1. The zero-order valence-electron chi connectivity index (χ0n) is 24.9. The number of hydrogen-bond donors (Lipinski definition) is 2. The summed E-state index contributed by atoms with van der Waals surface area (Å²) in [5.41, 5.74) is 4.12. The van der Waals surface area contributed by atoms with Crippen LogP contribution in [-0.4, -0.2) is 43.0 Å². The Bertz CT molecular complexity index is 1480. The Morgan fingerprint density at radius 2 is 0.872 bits per heavy atom. The average Bonchev–Trinajstić information content (AvgIpc) is 2.88. The van der Waals surface area contributed by atoms with Gasteiger partial charge in [0, 0.05) is 32.9 Å². The zero-order chi connectivity index (χ0) is 35.5. The Morgan fingerprint density at radius 3 is 1.23 bits per heavy atom. The van der Waals surface area contributed by atoms with Crippen molar-refractivity contribution in [3.8, 4) is 11.5 Å². The van der Waals surface area contributed by atoms with E-state index in [1.54, 1.807) is 24.3 Å². The fourth-order valence-electron chi connectivity index (χ4n) is 3.35. The molecule has 18 heteroatoms. The van der Waals surface area contributed by atoms with E-state index in [1.165, 1.54) is 26.5 Å². The fraction of sp³-hybridized carbons (Fsp3) is 0.172. The summed E-state index contributed by atoms with van der Waals surface area (Å²) in [4.78, 5) is 2.59. The quantitative estimate of drug-likeness (QED) is 0.0882. The first-order chi connectivity index (χ1) is 20.6. The van der Waals surface area contributed by atoms with Gasteiger partial charge in [0.25, 0.3) is 0 Å². The molecule has 0 aliphatic carbocycles. The van der Waals surface area contributed by atoms with Crippen molar-refractivity contribution in [3.05, 3.63) is 120 Å². The van der Waals surface area contributed by atoms with Crippen LogP contribution in [0.1, 0.15) is 16.7 Å². The molecular weight excluding hydrogens is 825 g/mol. The van der Waals surface area contributed by atoms with Crippen LogP contribution in [0.2, 0.25) is 0 Å². The SMILES string of the molecule is C[S+](Cc1ccccc1)c1ccc(O)cc1.Cc1ccccc1C[S+](C)c1ccc(O)cc1.F[P-](F)(F)(F)(F)F.[F-].[F][Sb]([F])([F])([F])[F]. The Hall–Kier alpha value is -2.41. The number of hydrogen-bond acceptors (Lipinski definition) is 2. The van der Waals surface area contributed by atoms with Crippen molar-refractivity contribution >= 4 is 49.9 Å². The average molecular weight is 857 g/mol. The van der Waals surface area contributed by atoms with Crippen molar-refractivity contribution in [1.29, 1.82) is 0 Å². The van der Waals surface area contributed by atoms with E-state index in [9.17, 15) is 49.5 Å². The third-order valence-corrected chi connectivity index (χ3v) is 9.00. The minimum atomic E-state index is -10.7. The standard InChI is InChI=1S/C15H16OS.C14H14OS.F6P.6FH.Sb/c1-12-5-3-4-6-13(12)11-17(2)15-9-7-14(16)8-10-15;1-16(11-12-5-3-2-4-6-12)14-9-7-13(15)8-10-14;1-7(2,3,4,5)6;;;;;;;/h3-10H,11H2,1-2H3;2-10H,11H2,1H3;;6*1H;/q;;-1;;;;;;;+5/p-4. The van der Waals surface area contributed by atoms with Gasteiger partial charge in [0.05, 0.1) is 0 Å². The summed E-state index contributed by atoms with van der Waals surface area (Å²) >= 11 is -9.19. The minimum absolute atomic E-state index is 0. The van der Waals surface area contributed by atoms with Crippen LogP contribution in [-0.2, 0) is 33.3 Å². The van der Waals surface area contributed by atoms with Crippen molar-refractivity contribution in [2.24, 2.45) is 0 Å². The van der Waals surface area contributed by atoms with E-state index in [0.717, 1.165) is 11.5 Å². The number of phenols is 2. The van der Waals surface area contributed by atoms with Gasteiger partial charge >= 0.3 is 67.4 Å². The molecule has 2 atom stereocenters. The number of aromatic hydroxyl groups is 2. The van der Waals surface area contributed by atoms with Gasteiger partial charge in [-0.3, -0.25) is 0 Å². The van der Waals surface area contributed by atoms with Gasteiger partial charge in [-0.1, -0.05) is 54.6 Å². The maximum absolute atomic E-state index is 10.7. The van der Waals surface area contributed by atoms with Crippen LogP contribution >= 0.6 is 7.81 Å². The molecular formula is C29H32F12O2PS2Sb. The van der Waals surface area contributed by atoms with Crippen molar-refractivity contribution in [2.45, 2.75) is 28.2 Å². The van der Waals surface area contributed by atoms with Gasteiger partial charge in [0.1, 0.15) is 35.5 Å². The van der Waals surface area contributed by atoms with Crippen molar-refractivity contribution in [1.82, 2.24) is 0 Å². The zero-order valence-corrected chi connectivity index (χ0v) is 30.0. The van der Waals surface area contributed by atoms with Gasteiger partial charge in [0.2, 0.25) is 0 Å². The first-order valence-electron chi connectivity index (χ1n) is 12.7. The molecule has 4 rings (SSSR count). The molecule has 2 nitrogen and oxygen atoms in total. The van der Waals surface area contributed by atoms with Gasteiger partial charge < -0.3 is 14.9 Å². The van der Waals surface area contributed by atoms with Crippen LogP contribution in [0.25, 0.3) is 0 Å². The maximum atomic E-state index is 9.91. The van der Waals surface area contributed by atoms with Gasteiger partial charge in [-0.15, -0.1) is 0 Å². The molecule has 0 amide bonds. The molecule has 2 N–H and O–H groups in total. The molecule has 4 aromatic carbocycles. The molecule has 0 aliphatic heterocycles. The molecule has 0 saturated carbocycles. The normalized spacial score (nSPS) is 14.6. The second kappa shape index (κ2) is 16.8. The van der Waals surface area contributed by atoms with E-state index in [1.807, 2.05) is 30.3 Å². The third-order valence-electron chi connectivity index (χ3n) is 5.34. The first kappa shape index (κ1) is 44.6. The van der Waals surface area contributed by atoms with Crippen LogP contribution in [0.5, 0.6) is 11.5 Å². The summed E-state index contributed by atoms with van der Waals surface area (Å²) in [6.45, 7) is 2.16. The van der Waals surface area contributed by atoms with E-state index in [4.69, 9.17) is 0 Å².